The van der Waals surface area contributed by atoms with Crippen LogP contribution in [0.25, 0.3) is 0 Å². The maximum atomic E-state index is 8.07. The molecule has 0 aromatic carbocycles. The third-order valence-corrected chi connectivity index (χ3v) is 0.512. The van der Waals surface area contributed by atoms with Crippen LogP contribution < -0.4 is 0 Å². The van der Waals surface area contributed by atoms with Gasteiger partial charge in [-0.05, 0) is 13.3 Å². The van der Waals surface area contributed by atoms with Crippen LogP contribution in [0.4, 0.5) is 0 Å². The summed E-state index contributed by atoms with van der Waals surface area (Å²) in [6, 6.07) is 0. The Morgan fingerprint density at radius 1 is 1.11 bits per heavy atom. The first-order valence-electron chi connectivity index (χ1n) is 3.05. The van der Waals surface area contributed by atoms with Crippen LogP contribution >= 0.6 is 0 Å². The molecule has 0 aliphatic heterocycles. The summed E-state index contributed by atoms with van der Waals surface area (Å²) in [7, 11) is 0. The Morgan fingerprint density at radius 3 is 1.44 bits per heavy atom. The van der Waals surface area contributed by atoms with Crippen LogP contribution in [-0.4, -0.2) is 23.4 Å². The number of aliphatic hydroxyl groups is 2. The van der Waals surface area contributed by atoms with Crippen molar-refractivity contribution in [3.63, 3.8) is 0 Å². The predicted molar refractivity (Wildman–Crippen MR) is 34.8 cm³/mol. The van der Waals surface area contributed by atoms with Crippen molar-refractivity contribution in [3.8, 4) is 0 Å². The van der Waals surface area contributed by atoms with Crippen molar-refractivity contribution in [1.82, 2.24) is 0 Å². The fourth-order valence-electron chi connectivity index (χ4n) is 0.158. The summed E-state index contributed by atoms with van der Waals surface area (Å²) in [5.74, 6) is 0. The summed E-state index contributed by atoms with van der Waals surface area (Å²) in [5.41, 5.74) is 0. The molecule has 55 valence electrons. The van der Waals surface area contributed by atoms with Crippen molar-refractivity contribution in [1.29, 1.82) is 0 Å². The van der Waals surface area contributed by atoms with Gasteiger partial charge in [-0.2, -0.15) is 0 Å². The summed E-state index contributed by atoms with van der Waals surface area (Å²) in [6.45, 7) is 4.33. The summed E-state index contributed by atoms with van der Waals surface area (Å²) < 4.78 is 0. The van der Waals surface area contributed by atoms with E-state index in [1.54, 1.807) is 6.92 Å². The van der Waals surface area contributed by atoms with Crippen molar-refractivity contribution in [2.45, 2.75) is 26.7 Å². The first-order chi connectivity index (χ1) is 3.83. The van der Waals surface area contributed by atoms with E-state index < -0.39 is 0 Å². The summed E-state index contributed by atoms with van der Waals surface area (Å²) in [6.07, 6.45) is 2.04. The van der Waals surface area contributed by atoms with Crippen molar-refractivity contribution in [2.75, 3.05) is 13.2 Å². The molecule has 0 bridgehead atoms. The maximum Gasteiger partial charge on any atom is 0.0430 e. The molecular weight excluding hydrogens is 149 g/mol. The van der Waals surface area contributed by atoms with Crippen LogP contribution in [0.5, 0.6) is 0 Å². The van der Waals surface area contributed by atoms with E-state index in [0.29, 0.717) is 6.61 Å². The Balaban J connectivity index is -0.0000000800. The van der Waals surface area contributed by atoms with Crippen molar-refractivity contribution < 1.29 is 36.1 Å². The van der Waals surface area contributed by atoms with Crippen molar-refractivity contribution in [2.24, 2.45) is 0 Å². The van der Waals surface area contributed by atoms with Crippen LogP contribution in [0.2, 0.25) is 0 Å². The van der Waals surface area contributed by atoms with Crippen LogP contribution in [0.15, 0.2) is 0 Å². The number of unbranched alkanes of at least 4 members (excludes halogenated alkanes) is 1. The van der Waals surface area contributed by atoms with Gasteiger partial charge in [0.2, 0.25) is 0 Å². The minimum absolute atomic E-state index is 0. The van der Waals surface area contributed by atoms with Gasteiger partial charge in [-0.15, -0.1) is 0 Å². The molecule has 0 amide bonds. The van der Waals surface area contributed by atoms with Crippen LogP contribution in [0.3, 0.4) is 0 Å². The topological polar surface area (TPSA) is 40.5 Å². The molecule has 0 saturated carbocycles. The van der Waals surface area contributed by atoms with E-state index >= 15 is 0 Å². The van der Waals surface area contributed by atoms with Crippen molar-refractivity contribution in [3.05, 3.63) is 0 Å². The molecular formula is C6H16O2Sc. The van der Waals surface area contributed by atoms with E-state index in [2.05, 4.69) is 6.92 Å². The largest absolute Gasteiger partial charge is 0.397 e. The second-order valence-electron chi connectivity index (χ2n) is 1.39. The number of hydrogen-bond donors (Lipinski definition) is 2. The molecule has 0 fully saturated rings. The molecule has 2 N–H and O–H groups in total. The zero-order chi connectivity index (χ0) is 6.83. The molecule has 0 saturated heterocycles. The van der Waals surface area contributed by atoms with Gasteiger partial charge in [0.05, 0.1) is 0 Å². The van der Waals surface area contributed by atoms with Crippen LogP contribution in [0.1, 0.15) is 26.7 Å². The quantitative estimate of drug-likeness (QED) is 0.634. The predicted octanol–water partition coefficient (Wildman–Crippen LogP) is 0.775. The normalized spacial score (nSPS) is 6.67. The van der Waals surface area contributed by atoms with Crippen LogP contribution in [-0.2, 0) is 25.8 Å². The molecule has 0 spiro atoms. The summed E-state index contributed by atoms with van der Waals surface area (Å²) in [4.78, 5) is 0. The molecule has 2 nitrogen and oxygen atoms in total. The molecule has 0 aromatic heterocycles. The van der Waals surface area contributed by atoms with E-state index in [4.69, 9.17) is 10.2 Å². The Morgan fingerprint density at radius 2 is 1.44 bits per heavy atom. The molecule has 0 unspecified atom stereocenters. The zero-order valence-electron chi connectivity index (χ0n) is 6.30. The smallest absolute Gasteiger partial charge is 0.0430 e. The third-order valence-electron chi connectivity index (χ3n) is 0.512. The number of hydrogen-bond acceptors (Lipinski definition) is 2. The molecule has 0 aliphatic carbocycles. The summed E-state index contributed by atoms with van der Waals surface area (Å²) in [5, 5.41) is 15.6. The molecule has 0 aliphatic rings. The molecule has 9 heavy (non-hydrogen) atoms. The van der Waals surface area contributed by atoms with Gasteiger partial charge in [-0.3, -0.25) is 0 Å². The first kappa shape index (κ1) is 16.4. The fraction of sp³-hybridized carbons (Fsp3) is 1.00. The Bertz CT molecular complexity index is 25.0. The third kappa shape index (κ3) is 52.1. The van der Waals surface area contributed by atoms with E-state index in [1.165, 1.54) is 0 Å². The van der Waals surface area contributed by atoms with Gasteiger partial charge < -0.3 is 10.2 Å². The monoisotopic (exact) mass is 165 g/mol. The Kier molecular flexibility index (Phi) is 42.4. The minimum atomic E-state index is 0. The van der Waals surface area contributed by atoms with E-state index in [-0.39, 0.29) is 32.5 Å². The zero-order valence-corrected chi connectivity index (χ0v) is 8.10. The average Bonchev–Trinajstić information content (AvgIpc) is 1.71. The molecule has 0 aromatic rings. The fourth-order valence-corrected chi connectivity index (χ4v) is 0.158. The molecule has 0 heterocycles. The Hall–Kier alpha value is 0.790. The van der Waals surface area contributed by atoms with Gasteiger partial charge in [0.25, 0.3) is 0 Å². The first-order valence-corrected chi connectivity index (χ1v) is 3.05. The summed E-state index contributed by atoms with van der Waals surface area (Å²) >= 11 is 0. The van der Waals surface area contributed by atoms with Crippen LogP contribution in [0, 0.1) is 0 Å². The van der Waals surface area contributed by atoms with E-state index in [1.807, 2.05) is 0 Å². The molecule has 0 rings (SSSR count). The molecule has 1 radical (unpaired) electrons. The number of aliphatic hydroxyl groups excluding tert-OH is 2. The van der Waals surface area contributed by atoms with Gasteiger partial charge in [0.15, 0.2) is 0 Å². The minimum Gasteiger partial charge on any atom is -0.397 e. The Labute approximate surface area is 76.1 Å². The average molecular weight is 165 g/mol. The second kappa shape index (κ2) is 23.2. The standard InChI is InChI=1S/C4H10O.C2H6O.Sc/c1-2-3-4-5;1-2-3;/h5H,2-4H2,1H3;3H,2H2,1H3;. The van der Waals surface area contributed by atoms with Gasteiger partial charge in [-0.1, -0.05) is 13.3 Å². The molecule has 3 heteroatoms. The van der Waals surface area contributed by atoms with Gasteiger partial charge in [0, 0.05) is 39.1 Å². The second-order valence-corrected chi connectivity index (χ2v) is 1.39. The van der Waals surface area contributed by atoms with Gasteiger partial charge in [0.1, 0.15) is 0 Å². The SMILES string of the molecule is CCCCO.CCO.[Sc]. The van der Waals surface area contributed by atoms with Crippen molar-refractivity contribution >= 4 is 0 Å². The van der Waals surface area contributed by atoms with Gasteiger partial charge >= 0.3 is 0 Å². The maximum absolute atomic E-state index is 8.07. The molecule has 0 atom stereocenters. The van der Waals surface area contributed by atoms with E-state index in [0.717, 1.165) is 12.8 Å². The number of rotatable bonds is 2. The van der Waals surface area contributed by atoms with E-state index in [9.17, 15) is 0 Å². The van der Waals surface area contributed by atoms with Gasteiger partial charge in [-0.25, -0.2) is 0 Å².